The van der Waals surface area contributed by atoms with E-state index in [4.69, 9.17) is 9.47 Å². The van der Waals surface area contributed by atoms with Gasteiger partial charge >= 0.3 is 0 Å². The van der Waals surface area contributed by atoms with Gasteiger partial charge in [-0.3, -0.25) is 10.4 Å². The number of rotatable bonds is 5. The molecule has 5 nitrogen and oxygen atoms in total. The lowest BCUT2D eigenvalue weighted by Gasteiger charge is -2.07. The Morgan fingerprint density at radius 3 is 2.43 bits per heavy atom. The van der Waals surface area contributed by atoms with Crippen LogP contribution in [0.3, 0.4) is 0 Å². The minimum absolute atomic E-state index is 0.785. The molecular weight excluding hydrogens is 290 g/mol. The smallest absolute Gasteiger partial charge is 0.119 e. The Labute approximate surface area is 134 Å². The maximum Gasteiger partial charge on any atom is 0.119 e. The van der Waals surface area contributed by atoms with Crippen molar-refractivity contribution in [3.05, 3.63) is 60.3 Å². The van der Waals surface area contributed by atoms with E-state index in [1.807, 2.05) is 48.5 Å². The number of benzene rings is 2. The van der Waals surface area contributed by atoms with Crippen molar-refractivity contribution in [2.24, 2.45) is 5.10 Å². The van der Waals surface area contributed by atoms with Gasteiger partial charge in [0.2, 0.25) is 0 Å². The van der Waals surface area contributed by atoms with Crippen LogP contribution >= 0.6 is 0 Å². The molecule has 0 unspecified atom stereocenters. The van der Waals surface area contributed by atoms with Crippen LogP contribution in [0.5, 0.6) is 11.5 Å². The number of anilines is 1. The van der Waals surface area contributed by atoms with Gasteiger partial charge in [-0.2, -0.15) is 5.10 Å². The summed E-state index contributed by atoms with van der Waals surface area (Å²) >= 11 is 0. The maximum atomic E-state index is 5.27. The van der Waals surface area contributed by atoms with Gasteiger partial charge in [0.1, 0.15) is 11.5 Å². The number of hydrogen-bond acceptors (Lipinski definition) is 5. The summed E-state index contributed by atoms with van der Waals surface area (Å²) < 4.78 is 10.4. The summed E-state index contributed by atoms with van der Waals surface area (Å²) in [5.41, 5.74) is 5.80. The molecule has 0 amide bonds. The Balaban J connectivity index is 1.81. The van der Waals surface area contributed by atoms with Crippen molar-refractivity contribution in [1.29, 1.82) is 0 Å². The van der Waals surface area contributed by atoms with Gasteiger partial charge in [0, 0.05) is 11.6 Å². The molecule has 0 aliphatic heterocycles. The molecule has 2 aromatic carbocycles. The third kappa shape index (κ3) is 3.40. The zero-order valence-corrected chi connectivity index (χ0v) is 13.0. The first-order valence-corrected chi connectivity index (χ1v) is 7.16. The van der Waals surface area contributed by atoms with Crippen molar-refractivity contribution in [2.75, 3.05) is 19.6 Å². The number of hydrazone groups is 1. The molecule has 23 heavy (non-hydrogen) atoms. The molecule has 0 aliphatic carbocycles. The molecule has 0 radical (unpaired) electrons. The molecule has 0 bridgehead atoms. The Hall–Kier alpha value is -3.08. The fourth-order valence-corrected chi connectivity index (χ4v) is 2.22. The molecule has 0 saturated heterocycles. The number of ether oxygens (including phenoxy) is 2. The Morgan fingerprint density at radius 2 is 1.70 bits per heavy atom. The van der Waals surface area contributed by atoms with Crippen molar-refractivity contribution >= 4 is 22.8 Å². The lowest BCUT2D eigenvalue weighted by Crippen LogP contribution is -1.93. The molecule has 0 aliphatic rings. The second-order valence-electron chi connectivity index (χ2n) is 4.88. The molecule has 0 atom stereocenters. The van der Waals surface area contributed by atoms with E-state index in [0.717, 1.165) is 33.7 Å². The first-order valence-electron chi connectivity index (χ1n) is 7.16. The highest BCUT2D eigenvalue weighted by molar-refractivity contribution is 5.92. The molecule has 5 heteroatoms. The molecule has 1 aromatic heterocycles. The van der Waals surface area contributed by atoms with Gasteiger partial charge in [0.25, 0.3) is 0 Å². The zero-order valence-electron chi connectivity index (χ0n) is 13.0. The van der Waals surface area contributed by atoms with E-state index in [1.165, 1.54) is 0 Å². The summed E-state index contributed by atoms with van der Waals surface area (Å²) in [5, 5.41) is 5.25. The monoisotopic (exact) mass is 307 g/mol. The minimum Gasteiger partial charge on any atom is -0.497 e. The van der Waals surface area contributed by atoms with Gasteiger partial charge in [0.05, 0.1) is 31.6 Å². The van der Waals surface area contributed by atoms with E-state index in [1.54, 1.807) is 26.6 Å². The highest BCUT2D eigenvalue weighted by Crippen LogP contribution is 2.25. The first kappa shape index (κ1) is 14.8. The van der Waals surface area contributed by atoms with Crippen LogP contribution in [-0.4, -0.2) is 25.4 Å². The van der Waals surface area contributed by atoms with Crippen LogP contribution in [0.2, 0.25) is 0 Å². The lowest BCUT2D eigenvalue weighted by atomic mass is 10.2. The summed E-state index contributed by atoms with van der Waals surface area (Å²) in [6.45, 7) is 0. The van der Waals surface area contributed by atoms with E-state index < -0.39 is 0 Å². The second-order valence-corrected chi connectivity index (χ2v) is 4.88. The maximum absolute atomic E-state index is 5.27. The van der Waals surface area contributed by atoms with Crippen LogP contribution in [-0.2, 0) is 0 Å². The predicted octanol–water partition coefficient (Wildman–Crippen LogP) is 3.70. The van der Waals surface area contributed by atoms with Crippen LogP contribution in [0, 0.1) is 0 Å². The third-order valence-corrected chi connectivity index (χ3v) is 3.46. The van der Waals surface area contributed by atoms with Crippen molar-refractivity contribution in [3.63, 3.8) is 0 Å². The van der Waals surface area contributed by atoms with Crippen LogP contribution in [0.1, 0.15) is 5.56 Å². The normalized spacial score (nSPS) is 10.9. The largest absolute Gasteiger partial charge is 0.497 e. The zero-order chi connectivity index (χ0) is 16.1. The molecule has 3 rings (SSSR count). The summed E-state index contributed by atoms with van der Waals surface area (Å²) in [5.74, 6) is 1.61. The minimum atomic E-state index is 0.785. The summed E-state index contributed by atoms with van der Waals surface area (Å²) in [6.07, 6.45) is 3.51. The molecule has 0 spiro atoms. The average Bonchev–Trinajstić information content (AvgIpc) is 2.62. The van der Waals surface area contributed by atoms with Crippen LogP contribution < -0.4 is 14.9 Å². The van der Waals surface area contributed by atoms with Gasteiger partial charge < -0.3 is 9.47 Å². The number of nitrogens with one attached hydrogen (secondary N) is 1. The molecule has 0 saturated carbocycles. The van der Waals surface area contributed by atoms with Crippen molar-refractivity contribution < 1.29 is 9.47 Å². The fraction of sp³-hybridized carbons (Fsp3) is 0.111. The van der Waals surface area contributed by atoms with E-state index in [-0.39, 0.29) is 0 Å². The topological polar surface area (TPSA) is 55.7 Å². The standard InChI is InChI=1S/C18H17N3O2/c1-22-14-5-3-13(4-6-14)12-20-21-18-9-10-19-17-8-7-15(23-2)11-16(17)18/h3-12H,1-2H3,(H,19,21)/b20-12+. The highest BCUT2D eigenvalue weighted by Gasteiger charge is 2.02. The number of pyridine rings is 1. The number of fused-ring (bicyclic) bond motifs is 1. The van der Waals surface area contributed by atoms with Crippen LogP contribution in [0.15, 0.2) is 59.8 Å². The van der Waals surface area contributed by atoms with Crippen molar-refractivity contribution in [1.82, 2.24) is 4.98 Å². The van der Waals surface area contributed by atoms with Gasteiger partial charge in [0.15, 0.2) is 0 Å². The molecular formula is C18H17N3O2. The molecule has 3 aromatic rings. The molecule has 0 fully saturated rings. The molecule has 116 valence electrons. The predicted molar refractivity (Wildman–Crippen MR) is 92.5 cm³/mol. The SMILES string of the molecule is COc1ccc(/C=N/Nc2ccnc3ccc(OC)cc23)cc1. The molecule has 1 heterocycles. The van der Waals surface area contributed by atoms with E-state index in [2.05, 4.69) is 15.5 Å². The number of nitrogens with zero attached hydrogens (tertiary/aromatic N) is 2. The van der Waals surface area contributed by atoms with Gasteiger partial charge in [-0.05, 0) is 54.1 Å². The Morgan fingerprint density at radius 1 is 0.957 bits per heavy atom. The van der Waals surface area contributed by atoms with Crippen molar-refractivity contribution in [2.45, 2.75) is 0 Å². The highest BCUT2D eigenvalue weighted by atomic mass is 16.5. The number of aromatic nitrogens is 1. The fourth-order valence-electron chi connectivity index (χ4n) is 2.22. The lowest BCUT2D eigenvalue weighted by molar-refractivity contribution is 0.415. The van der Waals surface area contributed by atoms with E-state index >= 15 is 0 Å². The molecule has 1 N–H and O–H groups in total. The van der Waals surface area contributed by atoms with Gasteiger partial charge in [-0.25, -0.2) is 0 Å². The quantitative estimate of drug-likeness (QED) is 0.577. The first-order chi connectivity index (χ1) is 11.3. The van der Waals surface area contributed by atoms with E-state index in [9.17, 15) is 0 Å². The average molecular weight is 307 g/mol. The summed E-state index contributed by atoms with van der Waals surface area (Å²) in [7, 11) is 3.29. The Kier molecular flexibility index (Phi) is 4.38. The van der Waals surface area contributed by atoms with E-state index in [0.29, 0.717) is 0 Å². The van der Waals surface area contributed by atoms with Crippen molar-refractivity contribution in [3.8, 4) is 11.5 Å². The summed E-state index contributed by atoms with van der Waals surface area (Å²) in [6, 6.07) is 15.3. The van der Waals surface area contributed by atoms with Crippen LogP contribution in [0.25, 0.3) is 10.9 Å². The number of hydrogen-bond donors (Lipinski definition) is 1. The van der Waals surface area contributed by atoms with Crippen LogP contribution in [0.4, 0.5) is 5.69 Å². The number of methoxy groups -OCH3 is 2. The van der Waals surface area contributed by atoms with Gasteiger partial charge in [-0.1, -0.05) is 0 Å². The Bertz CT molecular complexity index is 829. The summed E-state index contributed by atoms with van der Waals surface area (Å²) in [4.78, 5) is 4.34. The van der Waals surface area contributed by atoms with Gasteiger partial charge in [-0.15, -0.1) is 0 Å². The second kappa shape index (κ2) is 6.79. The third-order valence-electron chi connectivity index (χ3n) is 3.46.